The van der Waals surface area contributed by atoms with Gasteiger partial charge in [0.25, 0.3) is 0 Å². The van der Waals surface area contributed by atoms with Crippen LogP contribution in [-0.2, 0) is 11.2 Å². The lowest BCUT2D eigenvalue weighted by Gasteiger charge is -2.22. The van der Waals surface area contributed by atoms with Crippen molar-refractivity contribution in [2.45, 2.75) is 38.8 Å². The summed E-state index contributed by atoms with van der Waals surface area (Å²) in [7, 11) is 0. The van der Waals surface area contributed by atoms with Gasteiger partial charge in [-0.05, 0) is 20.8 Å². The Labute approximate surface area is 99.6 Å². The molecule has 0 saturated heterocycles. The van der Waals surface area contributed by atoms with Gasteiger partial charge in [-0.3, -0.25) is 0 Å². The zero-order valence-electron chi connectivity index (χ0n) is 10.2. The summed E-state index contributed by atoms with van der Waals surface area (Å²) in [4.78, 5) is 11.5. The molecule has 7 nitrogen and oxygen atoms in total. The van der Waals surface area contributed by atoms with Crippen LogP contribution in [-0.4, -0.2) is 44.9 Å². The molecule has 1 rings (SSSR count). The molecule has 1 amide bonds. The molecule has 1 aromatic heterocycles. The van der Waals surface area contributed by atoms with Crippen molar-refractivity contribution >= 4 is 6.09 Å². The van der Waals surface area contributed by atoms with Gasteiger partial charge in [0, 0.05) is 6.42 Å². The first-order valence-electron chi connectivity index (χ1n) is 5.36. The number of amides is 1. The number of aliphatic hydroxyl groups is 1. The van der Waals surface area contributed by atoms with E-state index in [1.807, 2.05) is 0 Å². The normalized spacial score (nSPS) is 13.2. The average molecular weight is 242 g/mol. The summed E-state index contributed by atoms with van der Waals surface area (Å²) in [5, 5.41) is 21.7. The third-order valence-corrected chi connectivity index (χ3v) is 1.86. The summed E-state index contributed by atoms with van der Waals surface area (Å²) in [5.74, 6) is 0. The second kappa shape index (κ2) is 5.62. The van der Waals surface area contributed by atoms with E-state index >= 15 is 0 Å². The first-order valence-corrected chi connectivity index (χ1v) is 5.36. The van der Waals surface area contributed by atoms with Crippen molar-refractivity contribution in [3.8, 4) is 0 Å². The highest BCUT2D eigenvalue weighted by Crippen LogP contribution is 2.07. The van der Waals surface area contributed by atoms with Gasteiger partial charge in [0.1, 0.15) is 5.60 Å². The van der Waals surface area contributed by atoms with Gasteiger partial charge in [-0.25, -0.2) is 4.79 Å². The molecule has 0 aromatic carbocycles. The van der Waals surface area contributed by atoms with Crippen LogP contribution in [0.1, 0.15) is 26.5 Å². The number of alkyl carbamates (subject to hydrolysis) is 1. The molecule has 0 aliphatic carbocycles. The molecular formula is C10H18N4O3. The standard InChI is InChI=1S/C10H18N4O3/c1-10(2,3)17-9(16)12-8(6-15)4-7-5-11-14-13-7/h5,8,15H,4,6H2,1-3H3,(H,12,16)(H,11,13,14). The van der Waals surface area contributed by atoms with E-state index in [2.05, 4.69) is 20.7 Å². The van der Waals surface area contributed by atoms with Gasteiger partial charge in [-0.1, -0.05) is 0 Å². The fourth-order valence-corrected chi connectivity index (χ4v) is 1.21. The van der Waals surface area contributed by atoms with Crippen molar-refractivity contribution in [1.82, 2.24) is 20.7 Å². The van der Waals surface area contributed by atoms with E-state index < -0.39 is 17.7 Å². The van der Waals surface area contributed by atoms with Crippen molar-refractivity contribution in [2.24, 2.45) is 0 Å². The zero-order chi connectivity index (χ0) is 12.9. The van der Waals surface area contributed by atoms with Crippen LogP contribution >= 0.6 is 0 Å². The highest BCUT2D eigenvalue weighted by molar-refractivity contribution is 5.68. The summed E-state index contributed by atoms with van der Waals surface area (Å²) in [6.45, 7) is 5.14. The zero-order valence-corrected chi connectivity index (χ0v) is 10.2. The molecule has 7 heteroatoms. The van der Waals surface area contributed by atoms with Gasteiger partial charge in [0.2, 0.25) is 0 Å². The Morgan fingerprint density at radius 1 is 1.65 bits per heavy atom. The number of ether oxygens (including phenoxy) is 1. The van der Waals surface area contributed by atoms with Crippen molar-refractivity contribution in [3.63, 3.8) is 0 Å². The maximum Gasteiger partial charge on any atom is 0.407 e. The average Bonchev–Trinajstić information content (AvgIpc) is 2.66. The number of nitrogens with zero attached hydrogens (tertiary/aromatic N) is 2. The Bertz CT molecular complexity index is 345. The third kappa shape index (κ3) is 5.30. The van der Waals surface area contributed by atoms with Crippen LogP contribution in [0.25, 0.3) is 0 Å². The Balaban J connectivity index is 2.44. The molecular weight excluding hydrogens is 224 g/mol. The Hall–Kier alpha value is -1.63. The lowest BCUT2D eigenvalue weighted by atomic mass is 10.2. The van der Waals surface area contributed by atoms with E-state index in [9.17, 15) is 4.79 Å². The van der Waals surface area contributed by atoms with Gasteiger partial charge < -0.3 is 15.2 Å². The molecule has 17 heavy (non-hydrogen) atoms. The lowest BCUT2D eigenvalue weighted by molar-refractivity contribution is 0.0482. The Morgan fingerprint density at radius 2 is 2.35 bits per heavy atom. The maximum atomic E-state index is 11.5. The van der Waals surface area contributed by atoms with Gasteiger partial charge in [0.05, 0.1) is 24.5 Å². The number of aromatic nitrogens is 3. The third-order valence-electron chi connectivity index (χ3n) is 1.86. The van der Waals surface area contributed by atoms with Crippen molar-refractivity contribution in [1.29, 1.82) is 0 Å². The lowest BCUT2D eigenvalue weighted by Crippen LogP contribution is -2.42. The molecule has 0 aliphatic rings. The minimum Gasteiger partial charge on any atom is -0.444 e. The molecule has 0 radical (unpaired) electrons. The fraction of sp³-hybridized carbons (Fsp3) is 0.700. The van der Waals surface area contributed by atoms with Crippen LogP contribution in [0.5, 0.6) is 0 Å². The second-order valence-corrected chi connectivity index (χ2v) is 4.69. The molecule has 1 atom stereocenters. The second-order valence-electron chi connectivity index (χ2n) is 4.69. The number of hydrogen-bond acceptors (Lipinski definition) is 5. The van der Waals surface area contributed by atoms with E-state index in [4.69, 9.17) is 9.84 Å². The largest absolute Gasteiger partial charge is 0.444 e. The monoisotopic (exact) mass is 242 g/mol. The molecule has 1 heterocycles. The maximum absolute atomic E-state index is 11.5. The smallest absolute Gasteiger partial charge is 0.407 e. The highest BCUT2D eigenvalue weighted by atomic mass is 16.6. The quantitative estimate of drug-likeness (QED) is 0.702. The Kier molecular flexibility index (Phi) is 4.45. The minimum atomic E-state index is -0.558. The highest BCUT2D eigenvalue weighted by Gasteiger charge is 2.19. The predicted octanol–water partition coefficient (Wildman–Crippen LogP) is 0.233. The van der Waals surface area contributed by atoms with Crippen LogP contribution in [0.2, 0.25) is 0 Å². The summed E-state index contributed by atoms with van der Waals surface area (Å²) < 4.78 is 5.08. The number of carbonyl (C=O) groups excluding carboxylic acids is 1. The minimum absolute atomic E-state index is 0.188. The number of aliphatic hydroxyl groups excluding tert-OH is 1. The molecule has 0 bridgehead atoms. The number of carbonyl (C=O) groups is 1. The summed E-state index contributed by atoms with van der Waals surface area (Å²) >= 11 is 0. The molecule has 1 unspecified atom stereocenters. The number of hydrogen-bond donors (Lipinski definition) is 3. The van der Waals surface area contributed by atoms with Gasteiger partial charge in [-0.2, -0.15) is 15.4 Å². The van der Waals surface area contributed by atoms with Crippen molar-refractivity contribution < 1.29 is 14.6 Å². The molecule has 1 aromatic rings. The molecule has 0 spiro atoms. The van der Waals surface area contributed by atoms with E-state index in [1.165, 1.54) is 0 Å². The van der Waals surface area contributed by atoms with Crippen molar-refractivity contribution in [2.75, 3.05) is 6.61 Å². The number of rotatable bonds is 4. The van der Waals surface area contributed by atoms with E-state index in [0.29, 0.717) is 12.1 Å². The molecule has 0 aliphatic heterocycles. The van der Waals surface area contributed by atoms with Crippen LogP contribution < -0.4 is 5.32 Å². The summed E-state index contributed by atoms with van der Waals surface area (Å²) in [5.41, 5.74) is 0.109. The number of H-pyrrole nitrogens is 1. The van der Waals surface area contributed by atoms with Gasteiger partial charge in [-0.15, -0.1) is 0 Å². The fourth-order valence-electron chi connectivity index (χ4n) is 1.21. The van der Waals surface area contributed by atoms with E-state index in [0.717, 1.165) is 0 Å². The number of aromatic amines is 1. The first kappa shape index (κ1) is 13.4. The molecule has 0 fully saturated rings. The van der Waals surface area contributed by atoms with Crippen LogP contribution in [0, 0.1) is 0 Å². The molecule has 0 saturated carbocycles. The summed E-state index contributed by atoms with van der Waals surface area (Å²) in [6, 6.07) is -0.435. The van der Waals surface area contributed by atoms with Gasteiger partial charge >= 0.3 is 6.09 Å². The van der Waals surface area contributed by atoms with Gasteiger partial charge in [0.15, 0.2) is 0 Å². The predicted molar refractivity (Wildman–Crippen MR) is 60.3 cm³/mol. The van der Waals surface area contributed by atoms with Crippen LogP contribution in [0.15, 0.2) is 6.20 Å². The van der Waals surface area contributed by atoms with Crippen molar-refractivity contribution in [3.05, 3.63) is 11.9 Å². The van der Waals surface area contributed by atoms with E-state index in [-0.39, 0.29) is 6.61 Å². The summed E-state index contributed by atoms with van der Waals surface area (Å²) in [6.07, 6.45) is 1.38. The molecule has 96 valence electrons. The van der Waals surface area contributed by atoms with Crippen LogP contribution in [0.3, 0.4) is 0 Å². The first-order chi connectivity index (χ1) is 7.90. The van der Waals surface area contributed by atoms with E-state index in [1.54, 1.807) is 27.0 Å². The SMILES string of the molecule is CC(C)(C)OC(=O)NC(CO)Cc1cn[nH]n1. The molecule has 3 N–H and O–H groups in total. The Morgan fingerprint density at radius 3 is 2.82 bits per heavy atom. The van der Waals surface area contributed by atoms with Crippen LogP contribution in [0.4, 0.5) is 4.79 Å². The number of nitrogens with one attached hydrogen (secondary N) is 2. The topological polar surface area (TPSA) is 100 Å².